The number of alkyl carbamates (subject to hydrolysis) is 1. The van der Waals surface area contributed by atoms with E-state index in [0.717, 1.165) is 43.2 Å². The van der Waals surface area contributed by atoms with Gasteiger partial charge in [-0.15, -0.1) is 0 Å². The second-order valence-electron chi connectivity index (χ2n) is 13.9. The summed E-state index contributed by atoms with van der Waals surface area (Å²) in [5.74, 6) is 1.49. The first-order valence-corrected chi connectivity index (χ1v) is 15.2. The Morgan fingerprint density at radius 3 is 2.16 bits per heavy atom. The Kier molecular flexibility index (Phi) is 7.90. The number of halogens is 1. The highest BCUT2D eigenvalue weighted by Gasteiger charge is 2.50. The zero-order valence-electron chi connectivity index (χ0n) is 26.1. The van der Waals surface area contributed by atoms with E-state index in [1.807, 2.05) is 57.2 Å². The van der Waals surface area contributed by atoms with Crippen molar-refractivity contribution in [2.45, 2.75) is 77.2 Å². The maximum absolute atomic E-state index is 14.5. The average Bonchev–Trinajstić information content (AvgIpc) is 2.90. The second-order valence-corrected chi connectivity index (χ2v) is 13.9. The van der Waals surface area contributed by atoms with Gasteiger partial charge in [0.1, 0.15) is 36.0 Å². The second kappa shape index (κ2) is 11.5. The number of benzene rings is 2. The lowest BCUT2D eigenvalue weighted by molar-refractivity contribution is -0.127. The molecule has 2 aliphatic heterocycles. The van der Waals surface area contributed by atoms with E-state index in [1.165, 1.54) is 6.20 Å². The Labute approximate surface area is 258 Å². The summed E-state index contributed by atoms with van der Waals surface area (Å²) in [5.41, 5.74) is 2.14. The Morgan fingerprint density at radius 2 is 1.59 bits per heavy atom. The average molecular weight is 605 g/mol. The first kappa shape index (κ1) is 30.1. The number of hydrogen-bond donors (Lipinski definition) is 1. The van der Waals surface area contributed by atoms with Crippen LogP contribution in [0.4, 0.5) is 15.1 Å². The summed E-state index contributed by atoms with van der Waals surface area (Å²) in [7, 11) is 0. The van der Waals surface area contributed by atoms with Crippen LogP contribution in [0, 0.1) is 11.2 Å². The summed E-state index contributed by atoms with van der Waals surface area (Å²) in [6.07, 6.45) is 2.10. The van der Waals surface area contributed by atoms with Crippen LogP contribution in [-0.2, 0) is 21.5 Å². The molecule has 1 amide bonds. The van der Waals surface area contributed by atoms with Gasteiger partial charge in [-0.2, -0.15) is 0 Å². The van der Waals surface area contributed by atoms with E-state index in [9.17, 15) is 9.18 Å². The number of nitrogens with one attached hydrogen (secondary N) is 1. The van der Waals surface area contributed by atoms with Gasteiger partial charge in [-0.25, -0.2) is 19.2 Å². The van der Waals surface area contributed by atoms with E-state index in [2.05, 4.69) is 46.2 Å². The molecule has 10 heteroatoms. The van der Waals surface area contributed by atoms with Gasteiger partial charge in [-0.05, 0) is 56.2 Å². The Balaban J connectivity index is 0.993. The van der Waals surface area contributed by atoms with Crippen molar-refractivity contribution in [3.63, 3.8) is 0 Å². The molecule has 1 aromatic heterocycles. The van der Waals surface area contributed by atoms with Crippen molar-refractivity contribution in [2.24, 2.45) is 5.41 Å². The molecule has 0 radical (unpaired) electrons. The van der Waals surface area contributed by atoms with Crippen LogP contribution in [0.2, 0.25) is 0 Å². The van der Waals surface area contributed by atoms with Crippen molar-refractivity contribution in [1.29, 1.82) is 0 Å². The number of anilines is 1. The highest BCUT2D eigenvalue weighted by molar-refractivity contribution is 5.68. The first-order valence-electron chi connectivity index (χ1n) is 15.2. The van der Waals surface area contributed by atoms with Crippen molar-refractivity contribution < 1.29 is 28.1 Å². The van der Waals surface area contributed by atoms with E-state index in [1.54, 1.807) is 0 Å². The number of rotatable bonds is 9. The smallest absolute Gasteiger partial charge is 0.407 e. The first-order chi connectivity index (χ1) is 20.9. The third-order valence-corrected chi connectivity index (χ3v) is 8.59. The Bertz CT molecular complexity index is 1470. The van der Waals surface area contributed by atoms with Crippen LogP contribution in [0.15, 0.2) is 54.7 Å². The minimum absolute atomic E-state index is 0.0195. The fourth-order valence-corrected chi connectivity index (χ4v) is 5.75. The molecule has 0 bridgehead atoms. The monoisotopic (exact) mass is 604 g/mol. The molecule has 3 heterocycles. The predicted molar refractivity (Wildman–Crippen MR) is 164 cm³/mol. The van der Waals surface area contributed by atoms with Crippen LogP contribution in [0.5, 0.6) is 11.5 Å². The topological polar surface area (TPSA) is 95.0 Å². The number of ether oxygens (including phenoxy) is 4. The lowest BCUT2D eigenvalue weighted by Crippen LogP contribution is -2.66. The molecule has 3 aliphatic rings. The molecule has 6 rings (SSSR count). The van der Waals surface area contributed by atoms with Crippen molar-refractivity contribution in [3.05, 3.63) is 77.4 Å². The minimum Gasteiger partial charge on any atom is -0.490 e. The Morgan fingerprint density at radius 1 is 0.977 bits per heavy atom. The summed E-state index contributed by atoms with van der Waals surface area (Å²) in [6.45, 7) is 13.3. The highest BCUT2D eigenvalue weighted by atomic mass is 19.1. The van der Waals surface area contributed by atoms with Crippen LogP contribution in [0.3, 0.4) is 0 Å². The lowest BCUT2D eigenvalue weighted by atomic mass is 9.78. The molecule has 9 nitrogen and oxygen atoms in total. The number of amides is 1. The van der Waals surface area contributed by atoms with E-state index in [0.29, 0.717) is 24.5 Å². The molecular weight excluding hydrogens is 563 g/mol. The van der Waals surface area contributed by atoms with Gasteiger partial charge in [0, 0.05) is 36.9 Å². The van der Waals surface area contributed by atoms with Crippen molar-refractivity contribution in [2.75, 3.05) is 31.2 Å². The molecule has 2 aromatic carbocycles. The summed E-state index contributed by atoms with van der Waals surface area (Å²) >= 11 is 0. The SMILES string of the molecule is CC(C)(C)NC(=O)OC1CC(Oc2ccc(C(C)(C)c3ccc(OCc4nc(N5CC6(COC6)C5)ncc4F)cc3)cc2)C1. The van der Waals surface area contributed by atoms with Gasteiger partial charge in [0.25, 0.3) is 0 Å². The fourth-order valence-electron chi connectivity index (χ4n) is 5.75. The van der Waals surface area contributed by atoms with Gasteiger partial charge < -0.3 is 29.2 Å². The third-order valence-electron chi connectivity index (χ3n) is 8.59. The number of carbonyl (C=O) groups is 1. The van der Waals surface area contributed by atoms with Crippen molar-refractivity contribution >= 4 is 12.0 Å². The van der Waals surface area contributed by atoms with E-state index in [-0.39, 0.29) is 47.0 Å². The molecule has 1 N–H and O–H groups in total. The molecule has 3 fully saturated rings. The number of aromatic nitrogens is 2. The lowest BCUT2D eigenvalue weighted by Gasteiger charge is -2.54. The van der Waals surface area contributed by atoms with Gasteiger partial charge in [0.15, 0.2) is 5.82 Å². The van der Waals surface area contributed by atoms with Crippen LogP contribution in [0.1, 0.15) is 64.3 Å². The van der Waals surface area contributed by atoms with E-state index >= 15 is 0 Å². The summed E-state index contributed by atoms with van der Waals surface area (Å²) in [5, 5.41) is 2.82. The van der Waals surface area contributed by atoms with Gasteiger partial charge in [0.2, 0.25) is 5.95 Å². The molecule has 0 atom stereocenters. The molecule has 2 saturated heterocycles. The van der Waals surface area contributed by atoms with Crippen LogP contribution in [0.25, 0.3) is 0 Å². The molecule has 0 unspecified atom stereocenters. The maximum Gasteiger partial charge on any atom is 0.407 e. The largest absolute Gasteiger partial charge is 0.490 e. The third kappa shape index (κ3) is 6.60. The predicted octanol–water partition coefficient (Wildman–Crippen LogP) is 5.79. The Hall–Kier alpha value is -3.92. The van der Waals surface area contributed by atoms with E-state index in [4.69, 9.17) is 18.9 Å². The summed E-state index contributed by atoms with van der Waals surface area (Å²) < 4.78 is 37.3. The number of nitrogens with zero attached hydrogens (tertiary/aromatic N) is 3. The molecule has 1 aliphatic carbocycles. The van der Waals surface area contributed by atoms with Gasteiger partial charge >= 0.3 is 6.09 Å². The maximum atomic E-state index is 14.5. The molecular formula is C34H41FN4O5. The fraction of sp³-hybridized carbons (Fsp3) is 0.500. The summed E-state index contributed by atoms with van der Waals surface area (Å²) in [4.78, 5) is 22.6. The number of carbonyl (C=O) groups excluding carboxylic acids is 1. The quantitative estimate of drug-likeness (QED) is 0.328. The van der Waals surface area contributed by atoms with Crippen LogP contribution in [-0.4, -0.2) is 60.1 Å². The van der Waals surface area contributed by atoms with Crippen molar-refractivity contribution in [3.8, 4) is 11.5 Å². The molecule has 1 saturated carbocycles. The molecule has 1 spiro atoms. The van der Waals surface area contributed by atoms with Crippen LogP contribution < -0.4 is 19.7 Å². The highest BCUT2D eigenvalue weighted by Crippen LogP contribution is 2.39. The zero-order chi connectivity index (χ0) is 31.1. The standard InChI is InChI=1S/C34H41FN4O5/c1-32(2,3)38-31(40)44-27-14-26(15-27)43-25-12-8-23(9-13-25)33(4,5)22-6-10-24(11-7-22)42-17-29-28(35)16-36-30(37-29)39-18-34(19-39)20-41-21-34/h6-13,16,26-27H,14-15,17-21H2,1-5H3,(H,38,40). The summed E-state index contributed by atoms with van der Waals surface area (Å²) in [6, 6.07) is 16.0. The van der Waals surface area contributed by atoms with E-state index < -0.39 is 5.82 Å². The zero-order valence-corrected chi connectivity index (χ0v) is 26.1. The molecule has 3 aromatic rings. The van der Waals surface area contributed by atoms with Gasteiger partial charge in [0.05, 0.1) is 24.8 Å². The van der Waals surface area contributed by atoms with Crippen molar-refractivity contribution in [1.82, 2.24) is 15.3 Å². The van der Waals surface area contributed by atoms with Gasteiger partial charge in [-0.3, -0.25) is 0 Å². The molecule has 234 valence electrons. The number of hydrogen-bond acceptors (Lipinski definition) is 8. The molecule has 44 heavy (non-hydrogen) atoms. The van der Waals surface area contributed by atoms with Crippen LogP contribution >= 0.6 is 0 Å². The van der Waals surface area contributed by atoms with Gasteiger partial charge in [-0.1, -0.05) is 38.1 Å². The minimum atomic E-state index is -0.477. The normalized spacial score (nSPS) is 20.6.